The molecule has 0 aliphatic carbocycles. The van der Waals surface area contributed by atoms with Crippen molar-refractivity contribution in [2.24, 2.45) is 10.7 Å². The van der Waals surface area contributed by atoms with Crippen LogP contribution in [0.5, 0.6) is 0 Å². The first-order valence-corrected chi connectivity index (χ1v) is 4.47. The number of nitrogens with one attached hydrogen (secondary N) is 1. The minimum absolute atomic E-state index is 0.0118. The second-order valence-corrected chi connectivity index (χ2v) is 3.36. The summed E-state index contributed by atoms with van der Waals surface area (Å²) in [6.45, 7) is 4.25. The van der Waals surface area contributed by atoms with Crippen LogP contribution >= 0.6 is 0 Å². The van der Waals surface area contributed by atoms with Gasteiger partial charge in [-0.15, -0.1) is 0 Å². The van der Waals surface area contributed by atoms with Crippen LogP contribution in [0.3, 0.4) is 0 Å². The van der Waals surface area contributed by atoms with E-state index in [1.165, 1.54) is 5.56 Å². The molecule has 0 unspecified atom stereocenters. The van der Waals surface area contributed by atoms with Crippen molar-refractivity contribution in [3.8, 4) is 0 Å². The molecule has 1 aromatic rings. The minimum Gasteiger partial charge on any atom is -0.368 e. The van der Waals surface area contributed by atoms with Gasteiger partial charge in [-0.25, -0.2) is 10.5 Å². The largest absolute Gasteiger partial charge is 0.368 e. The summed E-state index contributed by atoms with van der Waals surface area (Å²) >= 11 is 0. The van der Waals surface area contributed by atoms with Gasteiger partial charge in [-0.1, -0.05) is 26.0 Å². The van der Waals surface area contributed by atoms with Crippen LogP contribution in [-0.2, 0) is 0 Å². The third-order valence-corrected chi connectivity index (χ3v) is 1.92. The Balaban J connectivity index is 2.84. The first kappa shape index (κ1) is 10.5. The molecule has 76 valence electrons. The Morgan fingerprint density at radius 3 is 2.36 bits per heavy atom. The molecule has 0 saturated carbocycles. The fourth-order valence-electron chi connectivity index (χ4n) is 1.10. The van der Waals surface area contributed by atoms with Crippen LogP contribution in [-0.4, -0.2) is 11.2 Å². The third-order valence-electron chi connectivity index (χ3n) is 1.92. The molecule has 0 bridgehead atoms. The summed E-state index contributed by atoms with van der Waals surface area (Å²) < 4.78 is 0. The molecule has 0 fully saturated rings. The molecule has 0 aliphatic rings. The lowest BCUT2D eigenvalue weighted by Gasteiger charge is -2.04. The summed E-state index contributed by atoms with van der Waals surface area (Å²) in [4.78, 5) is 3.91. The molecule has 1 rings (SSSR count). The SMILES string of the molecule is CC(C)c1ccc(N=C(N)NO)cc1. The highest BCUT2D eigenvalue weighted by Gasteiger charge is 1.98. The average Bonchev–Trinajstić information content (AvgIpc) is 2.18. The second-order valence-electron chi connectivity index (χ2n) is 3.36. The number of hydrogen-bond donors (Lipinski definition) is 3. The number of benzene rings is 1. The fourth-order valence-corrected chi connectivity index (χ4v) is 1.10. The summed E-state index contributed by atoms with van der Waals surface area (Å²) in [5.41, 5.74) is 9.04. The molecule has 4 N–H and O–H groups in total. The van der Waals surface area contributed by atoms with E-state index in [-0.39, 0.29) is 5.96 Å². The van der Waals surface area contributed by atoms with Gasteiger partial charge in [0.1, 0.15) is 0 Å². The highest BCUT2D eigenvalue weighted by Crippen LogP contribution is 2.18. The number of hydroxylamine groups is 1. The molecule has 0 aromatic heterocycles. The summed E-state index contributed by atoms with van der Waals surface area (Å²) in [6.07, 6.45) is 0. The molecule has 0 aliphatic heterocycles. The van der Waals surface area contributed by atoms with Crippen molar-refractivity contribution in [2.75, 3.05) is 0 Å². The minimum atomic E-state index is -0.0118. The van der Waals surface area contributed by atoms with Crippen molar-refractivity contribution in [3.05, 3.63) is 29.8 Å². The van der Waals surface area contributed by atoms with Crippen molar-refractivity contribution < 1.29 is 5.21 Å². The fraction of sp³-hybridized carbons (Fsp3) is 0.300. The molecule has 4 nitrogen and oxygen atoms in total. The Morgan fingerprint density at radius 1 is 1.36 bits per heavy atom. The van der Waals surface area contributed by atoms with E-state index < -0.39 is 0 Å². The number of nitrogens with two attached hydrogens (primary N) is 1. The molecular formula is C10H15N3O. The number of guanidine groups is 1. The maximum atomic E-state index is 8.43. The van der Waals surface area contributed by atoms with Crippen LogP contribution in [0.2, 0.25) is 0 Å². The summed E-state index contributed by atoms with van der Waals surface area (Å²) in [7, 11) is 0. The zero-order chi connectivity index (χ0) is 10.6. The maximum absolute atomic E-state index is 8.43. The van der Waals surface area contributed by atoms with Crippen LogP contribution in [0.1, 0.15) is 25.3 Å². The number of rotatable bonds is 2. The predicted octanol–water partition coefficient (Wildman–Crippen LogP) is 1.74. The van der Waals surface area contributed by atoms with Gasteiger partial charge in [-0.3, -0.25) is 5.21 Å². The number of aliphatic imine (C=N–C) groups is 1. The smallest absolute Gasteiger partial charge is 0.218 e. The van der Waals surface area contributed by atoms with Crippen LogP contribution in [0.4, 0.5) is 5.69 Å². The zero-order valence-electron chi connectivity index (χ0n) is 8.36. The Morgan fingerprint density at radius 2 is 1.93 bits per heavy atom. The van der Waals surface area contributed by atoms with Gasteiger partial charge in [0.15, 0.2) is 0 Å². The molecule has 0 heterocycles. The van der Waals surface area contributed by atoms with Crippen LogP contribution in [0, 0.1) is 0 Å². The predicted molar refractivity (Wildman–Crippen MR) is 56.7 cm³/mol. The topological polar surface area (TPSA) is 70.6 Å². The van der Waals surface area contributed by atoms with E-state index in [1.54, 1.807) is 5.48 Å². The second kappa shape index (κ2) is 4.62. The molecule has 0 saturated heterocycles. The molecule has 0 radical (unpaired) electrons. The molecule has 0 spiro atoms. The van der Waals surface area contributed by atoms with E-state index in [9.17, 15) is 0 Å². The first-order chi connectivity index (χ1) is 6.63. The van der Waals surface area contributed by atoms with E-state index in [1.807, 2.05) is 24.3 Å². The van der Waals surface area contributed by atoms with Crippen LogP contribution < -0.4 is 11.2 Å². The highest BCUT2D eigenvalue weighted by atomic mass is 16.5. The molecule has 0 atom stereocenters. The van der Waals surface area contributed by atoms with Gasteiger partial charge in [0.2, 0.25) is 5.96 Å². The zero-order valence-corrected chi connectivity index (χ0v) is 8.36. The van der Waals surface area contributed by atoms with E-state index in [4.69, 9.17) is 10.9 Å². The Kier molecular flexibility index (Phi) is 3.48. The maximum Gasteiger partial charge on any atom is 0.218 e. The van der Waals surface area contributed by atoms with Gasteiger partial charge in [-0.05, 0) is 23.6 Å². The standard InChI is InChI=1S/C10H15N3O/c1-7(2)8-3-5-9(6-4-8)12-10(11)13-14/h3-7,14H,1-2H3,(H3,11,12,13). The Bertz CT molecular complexity index is 317. The van der Waals surface area contributed by atoms with E-state index >= 15 is 0 Å². The van der Waals surface area contributed by atoms with Crippen molar-refractivity contribution in [1.82, 2.24) is 5.48 Å². The summed E-state index contributed by atoms with van der Waals surface area (Å²) in [6, 6.07) is 7.71. The molecular weight excluding hydrogens is 178 g/mol. The Labute approximate surface area is 83.4 Å². The molecule has 4 heteroatoms. The van der Waals surface area contributed by atoms with Gasteiger partial charge in [0.25, 0.3) is 0 Å². The molecule has 0 amide bonds. The van der Waals surface area contributed by atoms with Gasteiger partial charge in [0.05, 0.1) is 5.69 Å². The van der Waals surface area contributed by atoms with Crippen molar-refractivity contribution in [2.45, 2.75) is 19.8 Å². The van der Waals surface area contributed by atoms with Crippen LogP contribution in [0.15, 0.2) is 29.3 Å². The average molecular weight is 193 g/mol. The van der Waals surface area contributed by atoms with E-state index in [0.29, 0.717) is 11.6 Å². The summed E-state index contributed by atoms with van der Waals surface area (Å²) in [5, 5.41) is 8.43. The van der Waals surface area contributed by atoms with Gasteiger partial charge < -0.3 is 5.73 Å². The van der Waals surface area contributed by atoms with Crippen molar-refractivity contribution in [1.29, 1.82) is 0 Å². The van der Waals surface area contributed by atoms with Gasteiger partial charge in [0, 0.05) is 0 Å². The lowest BCUT2D eigenvalue weighted by Crippen LogP contribution is -2.27. The quantitative estimate of drug-likeness (QED) is 0.380. The highest BCUT2D eigenvalue weighted by molar-refractivity contribution is 5.79. The normalized spacial score (nSPS) is 11.9. The number of nitrogens with zero attached hydrogens (tertiary/aromatic N) is 1. The van der Waals surface area contributed by atoms with Gasteiger partial charge >= 0.3 is 0 Å². The van der Waals surface area contributed by atoms with Crippen LogP contribution in [0.25, 0.3) is 0 Å². The first-order valence-electron chi connectivity index (χ1n) is 4.47. The Hall–Kier alpha value is -1.55. The van der Waals surface area contributed by atoms with Crippen molar-refractivity contribution >= 4 is 11.6 Å². The lowest BCUT2D eigenvalue weighted by molar-refractivity contribution is 0.233. The van der Waals surface area contributed by atoms with Crippen molar-refractivity contribution in [3.63, 3.8) is 0 Å². The van der Waals surface area contributed by atoms with E-state index in [0.717, 1.165) is 0 Å². The number of hydrogen-bond acceptors (Lipinski definition) is 2. The van der Waals surface area contributed by atoms with E-state index in [2.05, 4.69) is 18.8 Å². The lowest BCUT2D eigenvalue weighted by atomic mass is 10.0. The monoisotopic (exact) mass is 193 g/mol. The molecule has 14 heavy (non-hydrogen) atoms. The summed E-state index contributed by atoms with van der Waals surface area (Å²) in [5.74, 6) is 0.489. The van der Waals surface area contributed by atoms with Gasteiger partial charge in [-0.2, -0.15) is 0 Å². The molecule has 1 aromatic carbocycles. The third kappa shape index (κ3) is 2.74.